The first-order valence-electron chi connectivity index (χ1n) is 9.97. The van der Waals surface area contributed by atoms with Crippen molar-refractivity contribution in [3.8, 4) is 0 Å². The number of pyridine rings is 1. The fourth-order valence-corrected chi connectivity index (χ4v) is 3.42. The molecular weight excluding hydrogens is 390 g/mol. The molecule has 0 bridgehead atoms. The number of hydrogen-bond donors (Lipinski definition) is 1. The molecular formula is C22H27NO7. The number of aromatic nitrogens is 1. The zero-order valence-electron chi connectivity index (χ0n) is 17.6. The molecule has 1 aromatic carbocycles. The van der Waals surface area contributed by atoms with Crippen molar-refractivity contribution >= 4 is 28.8 Å². The maximum atomic E-state index is 12.8. The van der Waals surface area contributed by atoms with Crippen LogP contribution >= 0.6 is 0 Å². The van der Waals surface area contributed by atoms with Gasteiger partial charge in [-0.1, -0.05) is 19.1 Å². The van der Waals surface area contributed by atoms with Crippen molar-refractivity contribution in [2.75, 3.05) is 19.8 Å². The molecule has 0 aliphatic carbocycles. The number of carbonyl (C=O) groups excluding carboxylic acids is 3. The number of ether oxygens (including phenoxy) is 3. The quantitative estimate of drug-likeness (QED) is 0.379. The van der Waals surface area contributed by atoms with Crippen LogP contribution < -0.4 is 5.43 Å². The van der Waals surface area contributed by atoms with Gasteiger partial charge in [0, 0.05) is 22.7 Å². The number of hydrogen-bond acceptors (Lipinski definition) is 7. The van der Waals surface area contributed by atoms with E-state index in [2.05, 4.69) is 4.98 Å². The third kappa shape index (κ3) is 5.06. The number of H-pyrrole nitrogens is 1. The summed E-state index contributed by atoms with van der Waals surface area (Å²) >= 11 is 0. The molecule has 0 fully saturated rings. The lowest BCUT2D eigenvalue weighted by Gasteiger charge is -2.27. The predicted molar refractivity (Wildman–Crippen MR) is 110 cm³/mol. The van der Waals surface area contributed by atoms with Gasteiger partial charge in [-0.3, -0.25) is 19.2 Å². The SMILES string of the molecule is CCOC(=O)C(C(=O)OCC)C(C)C(C(=O)OCC)c1cc(=O)c2ccccc2[nH]1. The van der Waals surface area contributed by atoms with E-state index in [0.29, 0.717) is 10.9 Å². The van der Waals surface area contributed by atoms with Crippen LogP contribution in [0.5, 0.6) is 0 Å². The monoisotopic (exact) mass is 417 g/mol. The maximum absolute atomic E-state index is 12.8. The Hall–Kier alpha value is -3.16. The lowest BCUT2D eigenvalue weighted by atomic mass is 9.80. The van der Waals surface area contributed by atoms with Crippen molar-refractivity contribution < 1.29 is 28.6 Å². The number of nitrogens with one attached hydrogen (secondary N) is 1. The largest absolute Gasteiger partial charge is 0.465 e. The highest BCUT2D eigenvalue weighted by atomic mass is 16.6. The summed E-state index contributed by atoms with van der Waals surface area (Å²) in [5.74, 6) is -5.56. The van der Waals surface area contributed by atoms with Gasteiger partial charge in [-0.2, -0.15) is 0 Å². The predicted octanol–water partition coefficient (Wildman–Crippen LogP) is 2.55. The Morgan fingerprint density at radius 1 is 0.900 bits per heavy atom. The highest BCUT2D eigenvalue weighted by Gasteiger charge is 2.43. The van der Waals surface area contributed by atoms with Crippen molar-refractivity contribution in [2.24, 2.45) is 11.8 Å². The van der Waals surface area contributed by atoms with E-state index in [4.69, 9.17) is 14.2 Å². The van der Waals surface area contributed by atoms with Gasteiger partial charge in [0.25, 0.3) is 0 Å². The first kappa shape index (κ1) is 23.1. The smallest absolute Gasteiger partial charge is 0.320 e. The number of benzene rings is 1. The number of fused-ring (bicyclic) bond motifs is 1. The molecule has 2 unspecified atom stereocenters. The van der Waals surface area contributed by atoms with Gasteiger partial charge in [-0.05, 0) is 38.8 Å². The van der Waals surface area contributed by atoms with Gasteiger partial charge in [0.2, 0.25) is 0 Å². The number of rotatable bonds is 9. The Kier molecular flexibility index (Phi) is 8.15. The number of carbonyl (C=O) groups is 3. The Morgan fingerprint density at radius 2 is 1.43 bits per heavy atom. The molecule has 8 heteroatoms. The van der Waals surface area contributed by atoms with E-state index in [0.717, 1.165) is 0 Å². The first-order valence-corrected chi connectivity index (χ1v) is 9.97. The Bertz CT molecular complexity index is 947. The van der Waals surface area contributed by atoms with Crippen molar-refractivity contribution in [2.45, 2.75) is 33.6 Å². The summed E-state index contributed by atoms with van der Waals surface area (Å²) in [6, 6.07) is 8.17. The fourth-order valence-electron chi connectivity index (χ4n) is 3.42. The minimum atomic E-state index is -1.35. The molecule has 2 atom stereocenters. The van der Waals surface area contributed by atoms with E-state index in [1.807, 2.05) is 0 Å². The van der Waals surface area contributed by atoms with E-state index < -0.39 is 35.7 Å². The summed E-state index contributed by atoms with van der Waals surface area (Å²) < 4.78 is 15.3. The number of aromatic amines is 1. The normalized spacial score (nSPS) is 13.0. The van der Waals surface area contributed by atoms with Gasteiger partial charge < -0.3 is 19.2 Å². The Balaban J connectivity index is 2.59. The van der Waals surface area contributed by atoms with E-state index >= 15 is 0 Å². The average Bonchev–Trinajstić information content (AvgIpc) is 2.69. The summed E-state index contributed by atoms with van der Waals surface area (Å²) in [6.07, 6.45) is 0. The third-order valence-electron chi connectivity index (χ3n) is 4.77. The van der Waals surface area contributed by atoms with Crippen molar-refractivity contribution in [1.82, 2.24) is 4.98 Å². The van der Waals surface area contributed by atoms with Crippen LogP contribution in [0.4, 0.5) is 0 Å². The zero-order chi connectivity index (χ0) is 22.3. The number of para-hydroxylation sites is 1. The van der Waals surface area contributed by atoms with Crippen LogP contribution in [0, 0.1) is 11.8 Å². The molecule has 1 aromatic heterocycles. The van der Waals surface area contributed by atoms with Gasteiger partial charge in [-0.15, -0.1) is 0 Å². The minimum Gasteiger partial charge on any atom is -0.465 e. The van der Waals surface area contributed by atoms with Crippen LogP contribution in [0.1, 0.15) is 39.3 Å². The molecule has 0 aliphatic rings. The molecule has 0 saturated carbocycles. The molecule has 0 amide bonds. The Morgan fingerprint density at radius 3 is 2.00 bits per heavy atom. The molecule has 2 rings (SSSR count). The maximum Gasteiger partial charge on any atom is 0.320 e. The second kappa shape index (κ2) is 10.6. The molecule has 0 radical (unpaired) electrons. The molecule has 1 heterocycles. The second-order valence-corrected chi connectivity index (χ2v) is 6.71. The summed E-state index contributed by atoms with van der Waals surface area (Å²) in [5.41, 5.74) is 0.498. The molecule has 0 aliphatic heterocycles. The van der Waals surface area contributed by atoms with Crippen molar-refractivity contribution in [3.05, 3.63) is 46.2 Å². The highest BCUT2D eigenvalue weighted by molar-refractivity contribution is 5.96. The first-order chi connectivity index (χ1) is 14.3. The summed E-state index contributed by atoms with van der Waals surface area (Å²) in [4.78, 5) is 53.6. The lowest BCUT2D eigenvalue weighted by molar-refractivity contribution is -0.165. The molecule has 2 aromatic rings. The minimum absolute atomic E-state index is 0.0678. The highest BCUT2D eigenvalue weighted by Crippen LogP contribution is 2.32. The molecule has 8 nitrogen and oxygen atoms in total. The summed E-state index contributed by atoms with van der Waals surface area (Å²) in [6.45, 7) is 6.69. The van der Waals surface area contributed by atoms with Crippen LogP contribution in [0.15, 0.2) is 35.1 Å². The average molecular weight is 417 g/mol. The van der Waals surface area contributed by atoms with Crippen molar-refractivity contribution in [1.29, 1.82) is 0 Å². The van der Waals surface area contributed by atoms with Crippen LogP contribution in [-0.4, -0.2) is 42.7 Å². The zero-order valence-corrected chi connectivity index (χ0v) is 17.6. The van der Waals surface area contributed by atoms with Crippen LogP contribution in [0.3, 0.4) is 0 Å². The Labute approximate surface area is 174 Å². The summed E-state index contributed by atoms with van der Waals surface area (Å²) in [5, 5.41) is 0.462. The van der Waals surface area contributed by atoms with E-state index in [-0.39, 0.29) is 30.9 Å². The lowest BCUT2D eigenvalue weighted by Crippen LogP contribution is -2.39. The van der Waals surface area contributed by atoms with Crippen LogP contribution in [0.2, 0.25) is 0 Å². The van der Waals surface area contributed by atoms with Gasteiger partial charge in [-0.25, -0.2) is 0 Å². The topological polar surface area (TPSA) is 112 Å². The van der Waals surface area contributed by atoms with Gasteiger partial charge in [0.15, 0.2) is 11.3 Å². The van der Waals surface area contributed by atoms with E-state index in [9.17, 15) is 19.2 Å². The van der Waals surface area contributed by atoms with Crippen LogP contribution in [0.25, 0.3) is 10.9 Å². The van der Waals surface area contributed by atoms with Gasteiger partial charge >= 0.3 is 17.9 Å². The van der Waals surface area contributed by atoms with Gasteiger partial charge in [0.1, 0.15) is 5.92 Å². The molecule has 0 spiro atoms. The van der Waals surface area contributed by atoms with Gasteiger partial charge in [0.05, 0.1) is 19.8 Å². The third-order valence-corrected chi connectivity index (χ3v) is 4.77. The van der Waals surface area contributed by atoms with E-state index in [1.54, 1.807) is 52.0 Å². The van der Waals surface area contributed by atoms with Crippen molar-refractivity contribution in [3.63, 3.8) is 0 Å². The molecule has 162 valence electrons. The summed E-state index contributed by atoms with van der Waals surface area (Å²) in [7, 11) is 0. The number of esters is 3. The standard InChI is InChI=1S/C22H27NO7/c1-5-28-20(25)18(13(4)19(21(26)29-6-2)22(27)30-7-3)16-12-17(24)14-10-8-9-11-15(14)23-16/h8-13,18-19H,5-7H2,1-4H3,(H,23,24). The molecule has 0 saturated heterocycles. The van der Waals surface area contributed by atoms with Crippen LogP contribution in [-0.2, 0) is 28.6 Å². The molecule has 1 N–H and O–H groups in total. The fraction of sp³-hybridized carbons (Fsp3) is 0.455. The van der Waals surface area contributed by atoms with E-state index in [1.165, 1.54) is 6.07 Å². The molecule has 30 heavy (non-hydrogen) atoms. The second-order valence-electron chi connectivity index (χ2n) is 6.71.